The van der Waals surface area contributed by atoms with Gasteiger partial charge in [0.1, 0.15) is 5.75 Å². The van der Waals surface area contributed by atoms with Crippen molar-refractivity contribution in [2.75, 3.05) is 13.7 Å². The summed E-state index contributed by atoms with van der Waals surface area (Å²) in [6.45, 7) is 5.24. The maximum atomic E-state index is 13.1. The third kappa shape index (κ3) is 10.6. The number of nitrogens with zero attached hydrogens (tertiary/aromatic N) is 1. The van der Waals surface area contributed by atoms with Gasteiger partial charge in [-0.25, -0.2) is 4.79 Å². The normalized spacial score (nSPS) is 10.4. The smallest absolute Gasteiger partial charge is 0.343 e. The van der Waals surface area contributed by atoms with E-state index in [0.29, 0.717) is 25.3 Å². The highest BCUT2D eigenvalue weighted by Gasteiger charge is 2.15. The zero-order valence-corrected chi connectivity index (χ0v) is 24.1. The molecule has 0 heterocycles. The molecular formula is C35H41NO4. The van der Waals surface area contributed by atoms with Gasteiger partial charge >= 0.3 is 5.97 Å². The number of carbonyl (C=O) groups is 2. The number of hydrogen-bond donors (Lipinski definition) is 0. The molecule has 0 unspecified atom stereocenters. The molecule has 0 atom stereocenters. The molecule has 0 fully saturated rings. The first-order valence-electron chi connectivity index (χ1n) is 14.3. The Kier molecular flexibility index (Phi) is 12.8. The third-order valence-electron chi connectivity index (χ3n) is 6.68. The molecule has 40 heavy (non-hydrogen) atoms. The molecule has 0 N–H and O–H groups in total. The van der Waals surface area contributed by atoms with Crippen molar-refractivity contribution >= 4 is 11.9 Å². The molecule has 5 nitrogen and oxygen atoms in total. The predicted octanol–water partition coefficient (Wildman–Crippen LogP) is 7.09. The van der Waals surface area contributed by atoms with Crippen LogP contribution in [0.15, 0.2) is 72.8 Å². The second kappa shape index (κ2) is 16.8. The molecule has 0 bridgehead atoms. The summed E-state index contributed by atoms with van der Waals surface area (Å²) in [5.74, 6) is 6.81. The van der Waals surface area contributed by atoms with Gasteiger partial charge in [-0.2, -0.15) is 0 Å². The molecule has 5 heteroatoms. The van der Waals surface area contributed by atoms with Crippen molar-refractivity contribution in [1.82, 2.24) is 4.90 Å². The Morgan fingerprint density at radius 3 is 1.75 bits per heavy atom. The Hall–Kier alpha value is -4.04. The van der Waals surface area contributed by atoms with Gasteiger partial charge in [0.2, 0.25) is 5.91 Å². The molecule has 0 radical (unpaired) electrons. The van der Waals surface area contributed by atoms with E-state index in [2.05, 4.69) is 54.7 Å². The average Bonchev–Trinajstić information content (AvgIpc) is 2.99. The molecular weight excluding hydrogens is 498 g/mol. The minimum Gasteiger partial charge on any atom is -0.482 e. The van der Waals surface area contributed by atoms with Crippen LogP contribution < -0.4 is 4.74 Å². The minimum absolute atomic E-state index is 0.135. The summed E-state index contributed by atoms with van der Waals surface area (Å²) in [4.78, 5) is 26.4. The third-order valence-corrected chi connectivity index (χ3v) is 6.68. The van der Waals surface area contributed by atoms with Crippen molar-refractivity contribution in [3.8, 4) is 17.6 Å². The maximum absolute atomic E-state index is 13.1. The molecule has 210 valence electrons. The summed E-state index contributed by atoms with van der Waals surface area (Å²) in [5, 5.41) is 0. The molecule has 0 aliphatic carbocycles. The number of hydrogen-bond acceptors (Lipinski definition) is 4. The van der Waals surface area contributed by atoms with E-state index in [4.69, 9.17) is 4.74 Å². The number of aryl methyl sites for hydroxylation is 1. The van der Waals surface area contributed by atoms with Crippen molar-refractivity contribution < 1.29 is 19.1 Å². The molecule has 0 aliphatic rings. The van der Waals surface area contributed by atoms with Crippen LogP contribution in [0.3, 0.4) is 0 Å². The Bertz CT molecular complexity index is 1250. The van der Waals surface area contributed by atoms with Crippen LogP contribution in [-0.4, -0.2) is 30.5 Å². The van der Waals surface area contributed by atoms with Crippen LogP contribution in [0.4, 0.5) is 0 Å². The van der Waals surface area contributed by atoms with Gasteiger partial charge in [0.15, 0.2) is 6.61 Å². The predicted molar refractivity (Wildman–Crippen MR) is 160 cm³/mol. The second-order valence-corrected chi connectivity index (χ2v) is 9.96. The van der Waals surface area contributed by atoms with Gasteiger partial charge in [-0.15, -0.1) is 0 Å². The zero-order valence-electron chi connectivity index (χ0n) is 24.1. The largest absolute Gasteiger partial charge is 0.482 e. The van der Waals surface area contributed by atoms with Crippen LogP contribution in [0.2, 0.25) is 0 Å². The van der Waals surface area contributed by atoms with Crippen molar-refractivity contribution in [2.24, 2.45) is 0 Å². The number of methoxy groups -OCH3 is 1. The first-order chi connectivity index (χ1) is 19.5. The van der Waals surface area contributed by atoms with Crippen molar-refractivity contribution in [1.29, 1.82) is 0 Å². The monoisotopic (exact) mass is 539 g/mol. The van der Waals surface area contributed by atoms with Gasteiger partial charge in [0.05, 0.1) is 7.11 Å². The lowest BCUT2D eigenvalue weighted by atomic mass is 10.1. The lowest BCUT2D eigenvalue weighted by Crippen LogP contribution is -2.29. The van der Waals surface area contributed by atoms with E-state index >= 15 is 0 Å². The molecule has 0 aliphatic heterocycles. The fourth-order valence-electron chi connectivity index (χ4n) is 4.22. The number of unbranched alkanes of at least 4 members (excludes halogenated alkanes) is 3. The van der Waals surface area contributed by atoms with E-state index < -0.39 is 5.97 Å². The van der Waals surface area contributed by atoms with Crippen molar-refractivity contribution in [3.63, 3.8) is 0 Å². The molecule has 0 saturated carbocycles. The topological polar surface area (TPSA) is 55.8 Å². The van der Waals surface area contributed by atoms with Gasteiger partial charge < -0.3 is 14.4 Å². The fraction of sp³-hybridized carbons (Fsp3) is 0.371. The van der Waals surface area contributed by atoms with Crippen LogP contribution in [0.25, 0.3) is 0 Å². The van der Waals surface area contributed by atoms with Crippen molar-refractivity contribution in [3.05, 3.63) is 101 Å². The number of ether oxygens (including phenoxy) is 2. The van der Waals surface area contributed by atoms with Crippen LogP contribution in [0.5, 0.6) is 5.75 Å². The maximum Gasteiger partial charge on any atom is 0.343 e. The standard InChI is InChI=1S/C35H41NO4/c1-4-6-8-10-34(37)36(26-32-21-23-33(24-22-32)40-27-35(38)39-3)25-31-19-17-30(18-20-31)16-15-29-13-11-28(12-14-29)9-7-5-2/h11-14,17-24H,4-10,25-27H2,1-3H3. The van der Waals surface area contributed by atoms with Crippen LogP contribution in [0, 0.1) is 11.8 Å². The molecule has 0 saturated heterocycles. The highest BCUT2D eigenvalue weighted by Crippen LogP contribution is 2.17. The fourth-order valence-corrected chi connectivity index (χ4v) is 4.22. The molecule has 0 aromatic heterocycles. The summed E-state index contributed by atoms with van der Waals surface area (Å²) >= 11 is 0. The number of carbonyl (C=O) groups excluding carboxylic acids is 2. The van der Waals surface area contributed by atoms with Gasteiger partial charge in [0, 0.05) is 30.6 Å². The Morgan fingerprint density at radius 2 is 1.23 bits per heavy atom. The number of benzene rings is 3. The SMILES string of the molecule is CCCCCC(=O)N(Cc1ccc(C#Cc2ccc(CCCC)cc2)cc1)Cc1ccc(OCC(=O)OC)cc1. The van der Waals surface area contributed by atoms with Crippen molar-refractivity contribution in [2.45, 2.75) is 71.9 Å². The summed E-state index contributed by atoms with van der Waals surface area (Å²) in [5.41, 5.74) is 5.37. The summed E-state index contributed by atoms with van der Waals surface area (Å²) in [7, 11) is 1.33. The lowest BCUT2D eigenvalue weighted by molar-refractivity contribution is -0.143. The summed E-state index contributed by atoms with van der Waals surface area (Å²) in [6.07, 6.45) is 7.06. The molecule has 3 rings (SSSR count). The molecule has 0 spiro atoms. The van der Waals surface area contributed by atoms with Gasteiger partial charge in [-0.3, -0.25) is 4.79 Å². The summed E-state index contributed by atoms with van der Waals surface area (Å²) < 4.78 is 10.1. The first kappa shape index (κ1) is 30.5. The minimum atomic E-state index is -0.429. The van der Waals surface area contributed by atoms with E-state index in [1.54, 1.807) is 0 Å². The Balaban J connectivity index is 1.64. The van der Waals surface area contributed by atoms with Gasteiger partial charge in [-0.05, 0) is 72.4 Å². The molecule has 3 aromatic carbocycles. The van der Waals surface area contributed by atoms with Gasteiger partial charge in [0.25, 0.3) is 0 Å². The van der Waals surface area contributed by atoms with Crippen LogP contribution in [-0.2, 0) is 33.8 Å². The van der Waals surface area contributed by atoms with E-state index in [1.807, 2.05) is 53.4 Å². The van der Waals surface area contributed by atoms with E-state index in [9.17, 15) is 9.59 Å². The van der Waals surface area contributed by atoms with E-state index in [0.717, 1.165) is 47.9 Å². The second-order valence-electron chi connectivity index (χ2n) is 9.96. The lowest BCUT2D eigenvalue weighted by Gasteiger charge is -2.23. The van der Waals surface area contributed by atoms with E-state index in [-0.39, 0.29) is 12.5 Å². The quantitative estimate of drug-likeness (QED) is 0.125. The zero-order chi connectivity index (χ0) is 28.6. The first-order valence-corrected chi connectivity index (χ1v) is 14.3. The number of rotatable bonds is 14. The molecule has 1 amide bonds. The highest BCUT2D eigenvalue weighted by molar-refractivity contribution is 5.76. The van der Waals surface area contributed by atoms with E-state index in [1.165, 1.54) is 25.5 Å². The van der Waals surface area contributed by atoms with Crippen LogP contribution in [0.1, 0.15) is 80.2 Å². The van der Waals surface area contributed by atoms with Crippen LogP contribution >= 0.6 is 0 Å². The average molecular weight is 540 g/mol. The Labute approximate surface area is 239 Å². The highest BCUT2D eigenvalue weighted by atomic mass is 16.6. The number of amides is 1. The summed E-state index contributed by atoms with van der Waals surface area (Å²) in [6, 6.07) is 24.1. The van der Waals surface area contributed by atoms with Gasteiger partial charge in [-0.1, -0.05) is 81.3 Å². The number of esters is 1. The molecule has 3 aromatic rings. The Morgan fingerprint density at radius 1 is 0.700 bits per heavy atom.